The van der Waals surface area contributed by atoms with Crippen LogP contribution in [0.15, 0.2) is 24.3 Å². The van der Waals surface area contributed by atoms with Crippen molar-refractivity contribution in [1.29, 1.82) is 0 Å². The Morgan fingerprint density at radius 2 is 1.89 bits per heavy atom. The molecule has 0 saturated heterocycles. The number of nitrogens with two attached hydrogens (primary N) is 1. The molecule has 0 aliphatic carbocycles. The van der Waals surface area contributed by atoms with Gasteiger partial charge in [-0.05, 0) is 23.1 Å². The average Bonchev–Trinajstić information content (AvgIpc) is 2.33. The molecule has 3 heteroatoms. The molecule has 3 nitrogen and oxygen atoms in total. The molecule has 0 aliphatic rings. The third kappa shape index (κ3) is 6.64. The van der Waals surface area contributed by atoms with Crippen LogP contribution in [0.4, 0.5) is 0 Å². The summed E-state index contributed by atoms with van der Waals surface area (Å²) in [4.78, 5) is 11.7. The molecule has 0 unspecified atom stereocenters. The van der Waals surface area contributed by atoms with E-state index >= 15 is 0 Å². The number of nitrogens with one attached hydrogen (secondary N) is 1. The summed E-state index contributed by atoms with van der Waals surface area (Å²) in [6.07, 6.45) is 0.535. The van der Waals surface area contributed by atoms with E-state index in [-0.39, 0.29) is 11.3 Å². The molecule has 0 saturated carbocycles. The van der Waals surface area contributed by atoms with E-state index in [0.717, 1.165) is 11.1 Å². The van der Waals surface area contributed by atoms with Crippen molar-refractivity contribution in [3.05, 3.63) is 35.4 Å². The van der Waals surface area contributed by atoms with Crippen molar-refractivity contribution in [3.8, 4) is 11.8 Å². The Kier molecular flexibility index (Phi) is 5.59. The average molecular weight is 258 g/mol. The highest BCUT2D eigenvalue weighted by molar-refractivity contribution is 5.76. The molecule has 0 fully saturated rings. The summed E-state index contributed by atoms with van der Waals surface area (Å²) in [6, 6.07) is 7.82. The van der Waals surface area contributed by atoms with Crippen molar-refractivity contribution in [2.45, 2.75) is 33.7 Å². The van der Waals surface area contributed by atoms with Crippen LogP contribution in [0, 0.1) is 17.3 Å². The van der Waals surface area contributed by atoms with Crippen LogP contribution in [0.5, 0.6) is 0 Å². The maximum Gasteiger partial charge on any atom is 0.220 e. The smallest absolute Gasteiger partial charge is 0.220 e. The quantitative estimate of drug-likeness (QED) is 0.815. The zero-order chi connectivity index (χ0) is 14.3. The van der Waals surface area contributed by atoms with Crippen LogP contribution in [0.3, 0.4) is 0 Å². The number of carbonyl (C=O) groups is 1. The first-order valence-electron chi connectivity index (χ1n) is 6.45. The Morgan fingerprint density at radius 1 is 1.26 bits per heavy atom. The first kappa shape index (κ1) is 15.3. The van der Waals surface area contributed by atoms with Crippen molar-refractivity contribution < 1.29 is 4.79 Å². The fourth-order valence-corrected chi connectivity index (χ4v) is 1.60. The second-order valence-electron chi connectivity index (χ2n) is 5.72. The summed E-state index contributed by atoms with van der Waals surface area (Å²) in [5, 5.41) is 2.92. The molecule has 19 heavy (non-hydrogen) atoms. The summed E-state index contributed by atoms with van der Waals surface area (Å²) in [7, 11) is 0. The molecule has 0 heterocycles. The summed E-state index contributed by atoms with van der Waals surface area (Å²) in [6.45, 7) is 7.08. The van der Waals surface area contributed by atoms with Gasteiger partial charge in [0, 0.05) is 18.5 Å². The molecule has 0 radical (unpaired) electrons. The molecular weight excluding hydrogens is 236 g/mol. The van der Waals surface area contributed by atoms with Gasteiger partial charge in [-0.1, -0.05) is 44.7 Å². The minimum absolute atomic E-state index is 0.0196. The zero-order valence-electron chi connectivity index (χ0n) is 11.9. The van der Waals surface area contributed by atoms with Gasteiger partial charge < -0.3 is 11.1 Å². The second-order valence-corrected chi connectivity index (χ2v) is 5.72. The Morgan fingerprint density at radius 3 is 2.42 bits per heavy atom. The number of carbonyl (C=O) groups excluding carboxylic acids is 1. The molecule has 1 rings (SSSR count). The third-order valence-electron chi connectivity index (χ3n) is 2.47. The van der Waals surface area contributed by atoms with Crippen molar-refractivity contribution in [3.63, 3.8) is 0 Å². The first-order valence-corrected chi connectivity index (χ1v) is 6.45. The second kappa shape index (κ2) is 6.96. The highest BCUT2D eigenvalue weighted by atomic mass is 16.1. The molecule has 0 aliphatic heterocycles. The molecule has 0 aromatic heterocycles. The van der Waals surface area contributed by atoms with Gasteiger partial charge in [-0.15, -0.1) is 0 Å². The SMILES string of the molecule is CC(C)(C)CC(=O)NCc1ccc(C#CCN)cc1. The Labute approximate surface area is 115 Å². The third-order valence-corrected chi connectivity index (χ3v) is 2.47. The van der Waals surface area contributed by atoms with Gasteiger partial charge in [0.25, 0.3) is 0 Å². The lowest BCUT2D eigenvalue weighted by molar-refractivity contribution is -0.122. The van der Waals surface area contributed by atoms with Gasteiger partial charge in [0.1, 0.15) is 0 Å². The number of hydrogen-bond donors (Lipinski definition) is 2. The molecule has 3 N–H and O–H groups in total. The molecule has 102 valence electrons. The normalized spacial score (nSPS) is 10.5. The highest BCUT2D eigenvalue weighted by Gasteiger charge is 2.15. The molecule has 1 aromatic rings. The summed E-state index contributed by atoms with van der Waals surface area (Å²) in [5.74, 6) is 5.86. The molecular formula is C16H22N2O. The Hall–Kier alpha value is -1.79. The fourth-order valence-electron chi connectivity index (χ4n) is 1.60. The lowest BCUT2D eigenvalue weighted by Crippen LogP contribution is -2.27. The largest absolute Gasteiger partial charge is 0.352 e. The Balaban J connectivity index is 2.48. The van der Waals surface area contributed by atoms with E-state index in [0.29, 0.717) is 19.5 Å². The topological polar surface area (TPSA) is 55.1 Å². The van der Waals surface area contributed by atoms with Gasteiger partial charge in [-0.2, -0.15) is 0 Å². The van der Waals surface area contributed by atoms with Crippen molar-refractivity contribution in [2.75, 3.05) is 6.54 Å². The van der Waals surface area contributed by atoms with Crippen molar-refractivity contribution >= 4 is 5.91 Å². The van der Waals surface area contributed by atoms with Gasteiger partial charge in [0.2, 0.25) is 5.91 Å². The molecule has 1 aromatic carbocycles. The van der Waals surface area contributed by atoms with Crippen LogP contribution >= 0.6 is 0 Å². The lowest BCUT2D eigenvalue weighted by Gasteiger charge is -2.17. The number of rotatable bonds is 3. The predicted molar refractivity (Wildman–Crippen MR) is 78.3 cm³/mol. The van der Waals surface area contributed by atoms with Crippen molar-refractivity contribution in [1.82, 2.24) is 5.32 Å². The van der Waals surface area contributed by atoms with Crippen LogP contribution in [-0.4, -0.2) is 12.5 Å². The predicted octanol–water partition coefficient (Wildman–Crippen LogP) is 2.05. The summed E-state index contributed by atoms with van der Waals surface area (Å²) < 4.78 is 0. The van der Waals surface area contributed by atoms with Crippen LogP contribution in [-0.2, 0) is 11.3 Å². The molecule has 0 atom stereocenters. The van der Waals surface area contributed by atoms with Crippen LogP contribution in [0.25, 0.3) is 0 Å². The van der Waals surface area contributed by atoms with E-state index in [9.17, 15) is 4.79 Å². The van der Waals surface area contributed by atoms with E-state index in [1.54, 1.807) is 0 Å². The maximum absolute atomic E-state index is 11.7. The van der Waals surface area contributed by atoms with Gasteiger partial charge in [-0.3, -0.25) is 4.79 Å². The lowest BCUT2D eigenvalue weighted by atomic mass is 9.92. The number of benzene rings is 1. The fraction of sp³-hybridized carbons (Fsp3) is 0.438. The van der Waals surface area contributed by atoms with Gasteiger partial charge in [-0.25, -0.2) is 0 Å². The van der Waals surface area contributed by atoms with Gasteiger partial charge >= 0.3 is 0 Å². The molecule has 1 amide bonds. The number of amides is 1. The summed E-state index contributed by atoms with van der Waals surface area (Å²) >= 11 is 0. The van der Waals surface area contributed by atoms with Crippen LogP contribution < -0.4 is 11.1 Å². The van der Waals surface area contributed by atoms with E-state index in [4.69, 9.17) is 5.73 Å². The zero-order valence-corrected chi connectivity index (χ0v) is 11.9. The summed E-state index contributed by atoms with van der Waals surface area (Å²) in [5.41, 5.74) is 7.35. The minimum atomic E-state index is 0.0196. The Bertz CT molecular complexity index is 472. The van der Waals surface area contributed by atoms with E-state index < -0.39 is 0 Å². The molecule has 0 bridgehead atoms. The highest BCUT2D eigenvalue weighted by Crippen LogP contribution is 2.17. The van der Waals surface area contributed by atoms with Gasteiger partial charge in [0.15, 0.2) is 0 Å². The minimum Gasteiger partial charge on any atom is -0.352 e. The molecule has 0 spiro atoms. The van der Waals surface area contributed by atoms with E-state index in [1.165, 1.54) is 0 Å². The van der Waals surface area contributed by atoms with E-state index in [2.05, 4.69) is 37.9 Å². The van der Waals surface area contributed by atoms with Crippen LogP contribution in [0.2, 0.25) is 0 Å². The first-order chi connectivity index (χ1) is 8.90. The monoisotopic (exact) mass is 258 g/mol. The van der Waals surface area contributed by atoms with Crippen molar-refractivity contribution in [2.24, 2.45) is 11.1 Å². The van der Waals surface area contributed by atoms with Crippen LogP contribution in [0.1, 0.15) is 38.3 Å². The number of hydrogen-bond acceptors (Lipinski definition) is 2. The van der Waals surface area contributed by atoms with E-state index in [1.807, 2.05) is 24.3 Å². The standard InChI is InChI=1S/C16H22N2O/c1-16(2,3)11-15(19)18-12-14-8-6-13(7-9-14)5-4-10-17/h6-9H,10-12,17H2,1-3H3,(H,18,19). The van der Waals surface area contributed by atoms with Gasteiger partial charge in [0.05, 0.1) is 6.54 Å². The maximum atomic E-state index is 11.7.